The maximum Gasteiger partial charge on any atom is 0.285 e. The Morgan fingerprint density at radius 3 is 2.71 bits per heavy atom. The minimum atomic E-state index is 0.0459. The number of aliphatic hydroxyl groups is 1. The van der Waals surface area contributed by atoms with Crippen molar-refractivity contribution < 1.29 is 9.90 Å². The monoisotopic (exact) mass is 308 g/mol. The van der Waals surface area contributed by atoms with Crippen LogP contribution in [-0.4, -0.2) is 53.9 Å². The second kappa shape index (κ2) is 7.82. The Morgan fingerprint density at radius 1 is 1.38 bits per heavy atom. The minimum Gasteiger partial charge on any atom is -0.396 e. The summed E-state index contributed by atoms with van der Waals surface area (Å²) in [6, 6.07) is 8.20. The van der Waals surface area contributed by atoms with Crippen molar-refractivity contribution in [3.8, 4) is 0 Å². The third kappa shape index (κ3) is 5.02. The quantitative estimate of drug-likeness (QED) is 0.869. The van der Waals surface area contributed by atoms with Gasteiger partial charge in [-0.05, 0) is 54.8 Å². The van der Waals surface area contributed by atoms with Crippen LogP contribution in [0.2, 0.25) is 0 Å². The summed E-state index contributed by atoms with van der Waals surface area (Å²) in [6.07, 6.45) is 2.30. The lowest BCUT2D eigenvalue weighted by molar-refractivity contribution is 0.116. The van der Waals surface area contributed by atoms with Gasteiger partial charge in [0, 0.05) is 38.7 Å². The van der Waals surface area contributed by atoms with Gasteiger partial charge in [0.25, 0.3) is 5.24 Å². The first-order valence-corrected chi connectivity index (χ1v) is 8.21. The van der Waals surface area contributed by atoms with Crippen LogP contribution in [0.25, 0.3) is 0 Å². The zero-order valence-corrected chi connectivity index (χ0v) is 13.6. The van der Waals surface area contributed by atoms with Crippen molar-refractivity contribution in [2.24, 2.45) is 5.92 Å². The molecule has 0 saturated carbocycles. The molecule has 116 valence electrons. The van der Waals surface area contributed by atoms with E-state index in [-0.39, 0.29) is 5.24 Å². The van der Waals surface area contributed by atoms with E-state index in [1.54, 1.807) is 19.0 Å². The molecule has 21 heavy (non-hydrogen) atoms. The average molecular weight is 308 g/mol. The lowest BCUT2D eigenvalue weighted by Gasteiger charge is -2.31. The van der Waals surface area contributed by atoms with E-state index in [0.29, 0.717) is 12.5 Å². The topological polar surface area (TPSA) is 43.8 Å². The van der Waals surface area contributed by atoms with Crippen LogP contribution in [0.4, 0.5) is 4.79 Å². The molecule has 0 radical (unpaired) electrons. The van der Waals surface area contributed by atoms with Crippen LogP contribution in [-0.2, 0) is 6.54 Å². The first-order chi connectivity index (χ1) is 10.1. The van der Waals surface area contributed by atoms with Crippen molar-refractivity contribution in [3.63, 3.8) is 0 Å². The fourth-order valence-electron chi connectivity index (χ4n) is 2.56. The Morgan fingerprint density at radius 2 is 2.10 bits per heavy atom. The van der Waals surface area contributed by atoms with E-state index >= 15 is 0 Å². The molecular weight excluding hydrogens is 284 g/mol. The number of carbonyl (C=O) groups excluding carboxylic acids is 1. The van der Waals surface area contributed by atoms with Gasteiger partial charge >= 0.3 is 0 Å². The van der Waals surface area contributed by atoms with Crippen LogP contribution in [0.5, 0.6) is 0 Å². The van der Waals surface area contributed by atoms with E-state index < -0.39 is 0 Å². The summed E-state index contributed by atoms with van der Waals surface area (Å²) in [6.45, 7) is 3.29. The van der Waals surface area contributed by atoms with Gasteiger partial charge in [-0.2, -0.15) is 0 Å². The standard InChI is InChI=1S/C16H24N2O2S/c1-17(2)16(20)21-15-7-5-13(6-8-15)10-18-9-3-4-14(11-18)12-19/h5-8,14,19H,3-4,9-12H2,1-2H3. The zero-order chi connectivity index (χ0) is 15.2. The summed E-state index contributed by atoms with van der Waals surface area (Å²) >= 11 is 1.25. The van der Waals surface area contributed by atoms with Crippen LogP contribution in [0.15, 0.2) is 29.2 Å². The molecule has 1 unspecified atom stereocenters. The second-order valence-corrected chi connectivity index (χ2v) is 6.86. The molecule has 1 aliphatic heterocycles. The summed E-state index contributed by atoms with van der Waals surface area (Å²) in [5.74, 6) is 0.422. The molecule has 0 spiro atoms. The molecule has 1 N–H and O–H groups in total. The van der Waals surface area contributed by atoms with Crippen molar-refractivity contribution in [2.75, 3.05) is 33.8 Å². The Kier molecular flexibility index (Phi) is 6.08. The van der Waals surface area contributed by atoms with Gasteiger partial charge in [0.05, 0.1) is 0 Å². The molecule has 1 amide bonds. The second-order valence-electron chi connectivity index (χ2n) is 5.83. The third-order valence-electron chi connectivity index (χ3n) is 3.76. The lowest BCUT2D eigenvalue weighted by Crippen LogP contribution is -2.36. The summed E-state index contributed by atoms with van der Waals surface area (Å²) in [7, 11) is 3.52. The Labute approximate surface area is 131 Å². The van der Waals surface area contributed by atoms with Gasteiger partial charge in [-0.1, -0.05) is 12.1 Å². The molecule has 1 aromatic rings. The van der Waals surface area contributed by atoms with Gasteiger partial charge in [-0.25, -0.2) is 0 Å². The smallest absolute Gasteiger partial charge is 0.285 e. The molecule has 1 aliphatic rings. The van der Waals surface area contributed by atoms with Gasteiger partial charge in [0.15, 0.2) is 0 Å². The fourth-order valence-corrected chi connectivity index (χ4v) is 3.21. The fraction of sp³-hybridized carbons (Fsp3) is 0.562. The van der Waals surface area contributed by atoms with Crippen molar-refractivity contribution >= 4 is 17.0 Å². The summed E-state index contributed by atoms with van der Waals surface area (Å²) in [4.78, 5) is 16.6. The van der Waals surface area contributed by atoms with Gasteiger partial charge in [0.1, 0.15) is 0 Å². The van der Waals surface area contributed by atoms with Gasteiger partial charge in [-0.3, -0.25) is 9.69 Å². The average Bonchev–Trinajstić information content (AvgIpc) is 2.49. The van der Waals surface area contributed by atoms with Crippen LogP contribution >= 0.6 is 11.8 Å². The largest absolute Gasteiger partial charge is 0.396 e. The molecule has 0 aromatic heterocycles. The molecule has 1 aromatic carbocycles. The van der Waals surface area contributed by atoms with Crippen LogP contribution in [0, 0.1) is 5.92 Å². The number of aliphatic hydroxyl groups excluding tert-OH is 1. The van der Waals surface area contributed by atoms with Crippen molar-refractivity contribution in [2.45, 2.75) is 24.3 Å². The van der Waals surface area contributed by atoms with Crippen molar-refractivity contribution in [3.05, 3.63) is 29.8 Å². The van der Waals surface area contributed by atoms with Crippen LogP contribution in [0.3, 0.4) is 0 Å². The van der Waals surface area contributed by atoms with Gasteiger partial charge in [0.2, 0.25) is 0 Å². The third-order valence-corrected chi connectivity index (χ3v) is 4.81. The summed E-state index contributed by atoms with van der Waals surface area (Å²) < 4.78 is 0. The number of carbonyl (C=O) groups is 1. The Hall–Kier alpha value is -1.04. The SMILES string of the molecule is CN(C)C(=O)Sc1ccc(CN2CCCC(CO)C2)cc1. The van der Waals surface area contributed by atoms with E-state index in [4.69, 9.17) is 0 Å². The molecule has 1 fully saturated rings. The molecule has 1 heterocycles. The normalized spacial score (nSPS) is 19.5. The number of benzene rings is 1. The Balaban J connectivity index is 1.88. The predicted molar refractivity (Wildman–Crippen MR) is 86.5 cm³/mol. The maximum atomic E-state index is 11.6. The lowest BCUT2D eigenvalue weighted by atomic mass is 9.98. The van der Waals surface area contributed by atoms with E-state index in [2.05, 4.69) is 17.0 Å². The predicted octanol–water partition coefficient (Wildman–Crippen LogP) is 2.66. The number of amides is 1. The molecular formula is C16H24N2O2S. The number of hydrogen-bond donors (Lipinski definition) is 1. The highest BCUT2D eigenvalue weighted by molar-refractivity contribution is 8.13. The van der Waals surface area contributed by atoms with E-state index in [1.165, 1.54) is 17.3 Å². The van der Waals surface area contributed by atoms with Crippen molar-refractivity contribution in [1.82, 2.24) is 9.80 Å². The number of hydrogen-bond acceptors (Lipinski definition) is 4. The highest BCUT2D eigenvalue weighted by atomic mass is 32.2. The first-order valence-electron chi connectivity index (χ1n) is 7.39. The molecule has 4 nitrogen and oxygen atoms in total. The van der Waals surface area contributed by atoms with E-state index in [9.17, 15) is 9.90 Å². The van der Waals surface area contributed by atoms with Crippen LogP contribution < -0.4 is 0 Å². The number of thioether (sulfide) groups is 1. The Bertz CT molecular complexity index is 462. The van der Waals surface area contributed by atoms with E-state index in [1.807, 2.05) is 12.1 Å². The molecule has 5 heteroatoms. The maximum absolute atomic E-state index is 11.6. The molecule has 2 rings (SSSR count). The van der Waals surface area contributed by atoms with E-state index in [0.717, 1.165) is 37.4 Å². The summed E-state index contributed by atoms with van der Waals surface area (Å²) in [5, 5.41) is 9.32. The molecule has 0 bridgehead atoms. The number of nitrogens with zero attached hydrogens (tertiary/aromatic N) is 2. The zero-order valence-electron chi connectivity index (χ0n) is 12.8. The number of likely N-dealkylation sites (tertiary alicyclic amines) is 1. The van der Waals surface area contributed by atoms with Crippen molar-refractivity contribution in [1.29, 1.82) is 0 Å². The van der Waals surface area contributed by atoms with Crippen LogP contribution in [0.1, 0.15) is 18.4 Å². The molecule has 0 aliphatic carbocycles. The molecule has 1 saturated heterocycles. The number of rotatable bonds is 4. The van der Waals surface area contributed by atoms with Gasteiger partial charge in [-0.15, -0.1) is 0 Å². The number of piperidine rings is 1. The summed E-state index contributed by atoms with van der Waals surface area (Å²) in [5.41, 5.74) is 1.26. The highest BCUT2D eigenvalue weighted by Gasteiger charge is 2.19. The molecule has 1 atom stereocenters. The minimum absolute atomic E-state index is 0.0459. The first kappa shape index (κ1) is 16.3. The van der Waals surface area contributed by atoms with Gasteiger partial charge < -0.3 is 10.0 Å². The highest BCUT2D eigenvalue weighted by Crippen LogP contribution is 2.22.